The summed E-state index contributed by atoms with van der Waals surface area (Å²) in [6.45, 7) is 1.96. The first-order valence-corrected chi connectivity index (χ1v) is 5.77. The number of carbonyl (C=O) groups excluding carboxylic acids is 1. The van der Waals surface area contributed by atoms with E-state index in [0.29, 0.717) is 0 Å². The number of aldehydes is 1. The zero-order valence-electron chi connectivity index (χ0n) is 8.32. The van der Waals surface area contributed by atoms with Gasteiger partial charge in [-0.3, -0.25) is 0 Å². The number of hydrogen-bond donors (Lipinski definition) is 0. The van der Waals surface area contributed by atoms with E-state index >= 15 is 0 Å². The van der Waals surface area contributed by atoms with Crippen molar-refractivity contribution in [2.75, 3.05) is 0 Å². The second-order valence-electron chi connectivity index (χ2n) is 4.15. The molecular formula is C10H14N2OS. The molecule has 0 radical (unpaired) electrons. The minimum Gasteiger partial charge on any atom is -0.303 e. The molecular weight excluding hydrogens is 196 g/mol. The van der Waals surface area contributed by atoms with Gasteiger partial charge in [0, 0.05) is 10.3 Å². The van der Waals surface area contributed by atoms with Gasteiger partial charge in [0.05, 0.1) is 5.69 Å². The van der Waals surface area contributed by atoms with Crippen molar-refractivity contribution in [3.63, 3.8) is 0 Å². The fourth-order valence-corrected chi connectivity index (χ4v) is 2.93. The van der Waals surface area contributed by atoms with E-state index < -0.39 is 0 Å². The maximum Gasteiger partial charge on any atom is 0.126 e. The van der Waals surface area contributed by atoms with Gasteiger partial charge in [-0.2, -0.15) is 0 Å². The number of hydrogen-bond acceptors (Lipinski definition) is 4. The summed E-state index contributed by atoms with van der Waals surface area (Å²) in [6.07, 6.45) is 6.44. The van der Waals surface area contributed by atoms with Gasteiger partial charge in [0.2, 0.25) is 0 Å². The molecule has 14 heavy (non-hydrogen) atoms. The standard InChI is InChI=1S/C10H14N2OS/c1-8-9(14-12-11-8)6-10(7-13)4-2-3-5-10/h7H,2-6H2,1H3. The molecule has 1 aromatic rings. The Hall–Kier alpha value is -0.770. The normalized spacial score (nSPS) is 19.8. The van der Waals surface area contributed by atoms with Crippen LogP contribution in [0.25, 0.3) is 0 Å². The second-order valence-corrected chi connectivity index (χ2v) is 4.98. The zero-order valence-corrected chi connectivity index (χ0v) is 9.14. The third kappa shape index (κ3) is 1.71. The molecule has 76 valence electrons. The van der Waals surface area contributed by atoms with Crippen molar-refractivity contribution in [3.8, 4) is 0 Å². The average Bonchev–Trinajstić information content (AvgIpc) is 2.79. The third-order valence-electron chi connectivity index (χ3n) is 3.11. The molecule has 0 unspecified atom stereocenters. The molecule has 0 aromatic carbocycles. The number of rotatable bonds is 3. The van der Waals surface area contributed by atoms with Crippen LogP contribution in [0.4, 0.5) is 0 Å². The SMILES string of the molecule is Cc1nnsc1CC1(C=O)CCCC1. The highest BCUT2D eigenvalue weighted by molar-refractivity contribution is 7.05. The predicted octanol–water partition coefficient (Wildman–Crippen LogP) is 2.15. The molecule has 0 atom stereocenters. The molecule has 1 aliphatic carbocycles. The van der Waals surface area contributed by atoms with Gasteiger partial charge in [-0.15, -0.1) is 5.10 Å². The Labute approximate surface area is 87.7 Å². The van der Waals surface area contributed by atoms with Crippen molar-refractivity contribution in [1.82, 2.24) is 9.59 Å². The fourth-order valence-electron chi connectivity index (χ4n) is 2.15. The summed E-state index contributed by atoms with van der Waals surface area (Å²) < 4.78 is 3.90. The van der Waals surface area contributed by atoms with E-state index in [9.17, 15) is 4.79 Å². The quantitative estimate of drug-likeness (QED) is 0.718. The molecule has 2 rings (SSSR count). The fraction of sp³-hybridized carbons (Fsp3) is 0.700. The van der Waals surface area contributed by atoms with Gasteiger partial charge in [-0.1, -0.05) is 17.3 Å². The van der Waals surface area contributed by atoms with Crippen LogP contribution in [-0.2, 0) is 11.2 Å². The Morgan fingerprint density at radius 3 is 2.71 bits per heavy atom. The molecule has 1 fully saturated rings. The van der Waals surface area contributed by atoms with Crippen molar-refractivity contribution in [3.05, 3.63) is 10.6 Å². The number of aryl methyl sites for hydroxylation is 1. The van der Waals surface area contributed by atoms with Crippen LogP contribution >= 0.6 is 11.5 Å². The summed E-state index contributed by atoms with van der Waals surface area (Å²) in [5.41, 5.74) is 0.891. The van der Waals surface area contributed by atoms with E-state index in [1.54, 1.807) is 0 Å². The van der Waals surface area contributed by atoms with Crippen molar-refractivity contribution < 1.29 is 4.79 Å². The Balaban J connectivity index is 2.16. The predicted molar refractivity (Wildman–Crippen MR) is 55.3 cm³/mol. The van der Waals surface area contributed by atoms with Gasteiger partial charge in [-0.05, 0) is 37.7 Å². The van der Waals surface area contributed by atoms with Crippen molar-refractivity contribution in [2.45, 2.75) is 39.0 Å². The molecule has 0 saturated heterocycles. The molecule has 0 N–H and O–H groups in total. The van der Waals surface area contributed by atoms with E-state index in [2.05, 4.69) is 9.59 Å². The van der Waals surface area contributed by atoms with E-state index in [4.69, 9.17) is 0 Å². The van der Waals surface area contributed by atoms with E-state index in [1.165, 1.54) is 29.3 Å². The topological polar surface area (TPSA) is 42.9 Å². The van der Waals surface area contributed by atoms with Crippen LogP contribution < -0.4 is 0 Å². The minimum atomic E-state index is -0.0982. The minimum absolute atomic E-state index is 0.0982. The Morgan fingerprint density at radius 2 is 2.21 bits per heavy atom. The van der Waals surface area contributed by atoms with Crippen molar-refractivity contribution in [1.29, 1.82) is 0 Å². The van der Waals surface area contributed by atoms with Crippen LogP contribution in [0.15, 0.2) is 0 Å². The zero-order chi connectivity index (χ0) is 10.0. The third-order valence-corrected chi connectivity index (χ3v) is 3.93. The monoisotopic (exact) mass is 210 g/mol. The van der Waals surface area contributed by atoms with Gasteiger partial charge in [0.15, 0.2) is 0 Å². The van der Waals surface area contributed by atoms with Crippen LogP contribution in [0.3, 0.4) is 0 Å². The second kappa shape index (κ2) is 3.77. The van der Waals surface area contributed by atoms with Crippen LogP contribution in [0.5, 0.6) is 0 Å². The summed E-state index contributed by atoms with van der Waals surface area (Å²) in [5, 5.41) is 3.98. The smallest absolute Gasteiger partial charge is 0.126 e. The van der Waals surface area contributed by atoms with Gasteiger partial charge in [-0.25, -0.2) is 0 Å². The molecule has 4 heteroatoms. The van der Waals surface area contributed by atoms with E-state index in [-0.39, 0.29) is 5.41 Å². The van der Waals surface area contributed by atoms with Crippen LogP contribution in [0, 0.1) is 12.3 Å². The highest BCUT2D eigenvalue weighted by atomic mass is 32.1. The molecule has 3 nitrogen and oxygen atoms in total. The lowest BCUT2D eigenvalue weighted by Crippen LogP contribution is -2.21. The molecule has 0 amide bonds. The first-order valence-electron chi connectivity index (χ1n) is 5.00. The molecule has 1 saturated carbocycles. The Morgan fingerprint density at radius 1 is 1.50 bits per heavy atom. The summed E-state index contributed by atoms with van der Waals surface area (Å²) >= 11 is 1.43. The molecule has 1 aliphatic rings. The highest BCUT2D eigenvalue weighted by Crippen LogP contribution is 2.39. The Bertz CT molecular complexity index is 329. The van der Waals surface area contributed by atoms with Gasteiger partial charge >= 0.3 is 0 Å². The van der Waals surface area contributed by atoms with Gasteiger partial charge in [0.1, 0.15) is 6.29 Å². The van der Waals surface area contributed by atoms with E-state index in [0.717, 1.165) is 31.2 Å². The number of nitrogens with zero attached hydrogens (tertiary/aromatic N) is 2. The lowest BCUT2D eigenvalue weighted by Gasteiger charge is -2.20. The largest absolute Gasteiger partial charge is 0.303 e. The lowest BCUT2D eigenvalue weighted by molar-refractivity contribution is -0.115. The highest BCUT2D eigenvalue weighted by Gasteiger charge is 2.34. The van der Waals surface area contributed by atoms with Gasteiger partial charge < -0.3 is 4.79 Å². The lowest BCUT2D eigenvalue weighted by atomic mass is 9.83. The molecule has 1 heterocycles. The van der Waals surface area contributed by atoms with Gasteiger partial charge in [0.25, 0.3) is 0 Å². The first kappa shape index (κ1) is 9.77. The summed E-state index contributed by atoms with van der Waals surface area (Å²) in [4.78, 5) is 12.3. The molecule has 0 spiro atoms. The summed E-state index contributed by atoms with van der Waals surface area (Å²) in [5.74, 6) is 0. The number of aromatic nitrogens is 2. The Kier molecular flexibility index (Phi) is 2.63. The maximum atomic E-state index is 11.1. The average molecular weight is 210 g/mol. The van der Waals surface area contributed by atoms with E-state index in [1.807, 2.05) is 6.92 Å². The van der Waals surface area contributed by atoms with Crippen molar-refractivity contribution >= 4 is 17.8 Å². The van der Waals surface area contributed by atoms with Crippen LogP contribution in [-0.4, -0.2) is 15.9 Å². The van der Waals surface area contributed by atoms with Crippen LogP contribution in [0.1, 0.15) is 36.3 Å². The number of carbonyl (C=O) groups is 1. The molecule has 0 aliphatic heterocycles. The summed E-state index contributed by atoms with van der Waals surface area (Å²) in [6, 6.07) is 0. The molecule has 0 bridgehead atoms. The van der Waals surface area contributed by atoms with Crippen LogP contribution in [0.2, 0.25) is 0 Å². The van der Waals surface area contributed by atoms with Crippen molar-refractivity contribution in [2.24, 2.45) is 5.41 Å². The molecule has 1 aromatic heterocycles. The first-order chi connectivity index (χ1) is 6.76. The summed E-state index contributed by atoms with van der Waals surface area (Å²) in [7, 11) is 0. The maximum absolute atomic E-state index is 11.1.